The predicted molar refractivity (Wildman–Crippen MR) is 55.6 cm³/mol. The van der Waals surface area contributed by atoms with E-state index in [9.17, 15) is 13.6 Å². The van der Waals surface area contributed by atoms with Gasteiger partial charge in [-0.2, -0.15) is 0 Å². The first-order chi connectivity index (χ1) is 7.29. The van der Waals surface area contributed by atoms with Crippen molar-refractivity contribution in [1.82, 2.24) is 10.2 Å². The third-order valence-corrected chi connectivity index (χ3v) is 2.16. The molecule has 0 aromatic carbocycles. The second-order valence-electron chi connectivity index (χ2n) is 4.84. The molecule has 0 radical (unpaired) electrons. The van der Waals surface area contributed by atoms with Crippen LogP contribution >= 0.6 is 0 Å². The Kier molecular flexibility index (Phi) is 4.07. The Bertz CT molecular complexity index is 250. The second kappa shape index (κ2) is 4.95. The number of hydrogen-bond donors (Lipinski definition) is 1. The molecule has 0 saturated carbocycles. The third kappa shape index (κ3) is 3.92. The van der Waals surface area contributed by atoms with E-state index >= 15 is 0 Å². The highest BCUT2D eigenvalue weighted by Gasteiger charge is 2.33. The quantitative estimate of drug-likeness (QED) is 0.806. The molecule has 1 saturated heterocycles. The maximum Gasteiger partial charge on any atom is 0.410 e. The maximum absolute atomic E-state index is 12.3. The Morgan fingerprint density at radius 2 is 2.06 bits per heavy atom. The molecule has 1 rings (SSSR count). The van der Waals surface area contributed by atoms with E-state index < -0.39 is 24.7 Å². The number of halogens is 2. The van der Waals surface area contributed by atoms with Crippen molar-refractivity contribution < 1.29 is 18.3 Å². The van der Waals surface area contributed by atoms with Crippen molar-refractivity contribution in [3.63, 3.8) is 0 Å². The maximum atomic E-state index is 12.3. The van der Waals surface area contributed by atoms with E-state index in [0.29, 0.717) is 13.1 Å². The Morgan fingerprint density at radius 3 is 2.38 bits per heavy atom. The predicted octanol–water partition coefficient (Wildman–Crippen LogP) is 1.46. The molecule has 0 spiro atoms. The van der Waals surface area contributed by atoms with Crippen molar-refractivity contribution in [1.29, 1.82) is 0 Å². The van der Waals surface area contributed by atoms with Crippen LogP contribution in [0.25, 0.3) is 0 Å². The topological polar surface area (TPSA) is 41.6 Å². The molecule has 1 amide bonds. The molecule has 6 heteroatoms. The lowest BCUT2D eigenvalue weighted by atomic mass is 10.1. The van der Waals surface area contributed by atoms with Crippen LogP contribution in [0.2, 0.25) is 0 Å². The Hall–Kier alpha value is -0.910. The van der Waals surface area contributed by atoms with Crippen molar-refractivity contribution in [2.45, 2.75) is 38.8 Å². The number of ether oxygens (including phenoxy) is 1. The summed E-state index contributed by atoms with van der Waals surface area (Å²) in [5.74, 6) is 0. The Morgan fingerprint density at radius 1 is 1.50 bits per heavy atom. The van der Waals surface area contributed by atoms with Crippen LogP contribution in [0, 0.1) is 0 Å². The van der Waals surface area contributed by atoms with Gasteiger partial charge in [-0.3, -0.25) is 4.90 Å². The first-order valence-corrected chi connectivity index (χ1v) is 5.28. The average Bonchev–Trinajstić information content (AvgIpc) is 1.95. The highest BCUT2D eigenvalue weighted by Crippen LogP contribution is 2.15. The van der Waals surface area contributed by atoms with Gasteiger partial charge in [0.2, 0.25) is 0 Å². The number of carbonyl (C=O) groups excluding carboxylic acids is 1. The van der Waals surface area contributed by atoms with Gasteiger partial charge in [-0.15, -0.1) is 0 Å². The summed E-state index contributed by atoms with van der Waals surface area (Å²) < 4.78 is 29.7. The van der Waals surface area contributed by atoms with Crippen LogP contribution in [0.1, 0.15) is 20.8 Å². The Balaban J connectivity index is 2.57. The summed E-state index contributed by atoms with van der Waals surface area (Å²) >= 11 is 0. The van der Waals surface area contributed by atoms with E-state index in [2.05, 4.69) is 5.32 Å². The first kappa shape index (κ1) is 13.2. The molecule has 1 N–H and O–H groups in total. The number of rotatable bonds is 3. The monoisotopic (exact) mass is 236 g/mol. The summed E-state index contributed by atoms with van der Waals surface area (Å²) in [6.07, 6.45) is -3.20. The molecule has 0 bridgehead atoms. The van der Waals surface area contributed by atoms with Crippen molar-refractivity contribution in [2.75, 3.05) is 19.6 Å². The number of amides is 1. The van der Waals surface area contributed by atoms with Gasteiger partial charge in [0.15, 0.2) is 0 Å². The summed E-state index contributed by atoms with van der Waals surface area (Å²) in [6, 6.07) is -0.177. The zero-order valence-electron chi connectivity index (χ0n) is 9.80. The molecular formula is C10H18F2N2O2. The summed E-state index contributed by atoms with van der Waals surface area (Å²) in [5, 5.41) is 2.94. The van der Waals surface area contributed by atoms with Crippen LogP contribution in [0.5, 0.6) is 0 Å². The minimum absolute atomic E-state index is 0.177. The van der Waals surface area contributed by atoms with E-state index in [4.69, 9.17) is 4.74 Å². The highest BCUT2D eigenvalue weighted by atomic mass is 19.3. The van der Waals surface area contributed by atoms with Crippen LogP contribution in [0.3, 0.4) is 0 Å². The van der Waals surface area contributed by atoms with E-state index in [0.717, 1.165) is 4.90 Å². The fourth-order valence-electron chi connectivity index (χ4n) is 1.34. The molecule has 0 aliphatic carbocycles. The van der Waals surface area contributed by atoms with Crippen molar-refractivity contribution in [3.8, 4) is 0 Å². The van der Waals surface area contributed by atoms with Gasteiger partial charge in [-0.1, -0.05) is 0 Å². The summed E-state index contributed by atoms with van der Waals surface area (Å²) in [5.41, 5.74) is -0.658. The van der Waals surface area contributed by atoms with Gasteiger partial charge in [0, 0.05) is 13.1 Å². The van der Waals surface area contributed by atoms with E-state index in [1.807, 2.05) is 0 Å². The largest absolute Gasteiger partial charge is 0.444 e. The average molecular weight is 236 g/mol. The van der Waals surface area contributed by atoms with E-state index in [-0.39, 0.29) is 6.04 Å². The van der Waals surface area contributed by atoms with Crippen molar-refractivity contribution in [3.05, 3.63) is 0 Å². The fourth-order valence-corrected chi connectivity index (χ4v) is 1.34. The molecule has 1 aliphatic rings. The SMILES string of the molecule is CC(C)(C)OC(=O)N(CC(F)F)C1CNC1. The molecule has 4 nitrogen and oxygen atoms in total. The van der Waals surface area contributed by atoms with Gasteiger partial charge < -0.3 is 10.1 Å². The lowest BCUT2D eigenvalue weighted by Gasteiger charge is -2.38. The molecule has 0 aromatic rings. The van der Waals surface area contributed by atoms with Crippen LogP contribution in [0.15, 0.2) is 0 Å². The van der Waals surface area contributed by atoms with Crippen LogP contribution in [0.4, 0.5) is 13.6 Å². The fraction of sp³-hybridized carbons (Fsp3) is 0.900. The normalized spacial score (nSPS) is 17.1. The van der Waals surface area contributed by atoms with Gasteiger partial charge in [0.05, 0.1) is 12.6 Å². The minimum atomic E-state index is -2.53. The lowest BCUT2D eigenvalue weighted by molar-refractivity contribution is -0.00746. The number of nitrogens with zero attached hydrogens (tertiary/aromatic N) is 1. The van der Waals surface area contributed by atoms with Crippen molar-refractivity contribution in [2.24, 2.45) is 0 Å². The van der Waals surface area contributed by atoms with Gasteiger partial charge in [0.1, 0.15) is 5.60 Å². The number of hydrogen-bond acceptors (Lipinski definition) is 3. The molecular weight excluding hydrogens is 218 g/mol. The van der Waals surface area contributed by atoms with E-state index in [1.54, 1.807) is 20.8 Å². The molecule has 0 unspecified atom stereocenters. The molecule has 94 valence electrons. The zero-order valence-corrected chi connectivity index (χ0v) is 9.80. The molecule has 16 heavy (non-hydrogen) atoms. The lowest BCUT2D eigenvalue weighted by Crippen LogP contribution is -2.60. The number of carbonyl (C=O) groups is 1. The zero-order chi connectivity index (χ0) is 12.3. The smallest absolute Gasteiger partial charge is 0.410 e. The van der Waals surface area contributed by atoms with Gasteiger partial charge in [0.25, 0.3) is 6.43 Å². The van der Waals surface area contributed by atoms with Gasteiger partial charge in [-0.05, 0) is 20.8 Å². The highest BCUT2D eigenvalue weighted by molar-refractivity contribution is 5.68. The van der Waals surface area contributed by atoms with Crippen LogP contribution < -0.4 is 5.32 Å². The molecule has 1 fully saturated rings. The summed E-state index contributed by atoms with van der Waals surface area (Å²) in [6.45, 7) is 5.67. The van der Waals surface area contributed by atoms with Crippen LogP contribution in [-0.4, -0.2) is 48.7 Å². The van der Waals surface area contributed by atoms with Gasteiger partial charge in [-0.25, -0.2) is 13.6 Å². The standard InChI is InChI=1S/C10H18F2N2O2/c1-10(2,3)16-9(15)14(6-8(11)12)7-4-13-5-7/h7-8,13H,4-6H2,1-3H3. The van der Waals surface area contributed by atoms with E-state index in [1.165, 1.54) is 0 Å². The summed E-state index contributed by atoms with van der Waals surface area (Å²) in [7, 11) is 0. The molecule has 1 aliphatic heterocycles. The summed E-state index contributed by atoms with van der Waals surface area (Å²) in [4.78, 5) is 12.8. The minimum Gasteiger partial charge on any atom is -0.444 e. The third-order valence-electron chi connectivity index (χ3n) is 2.16. The second-order valence-corrected chi connectivity index (χ2v) is 4.84. The number of alkyl halides is 2. The Labute approximate surface area is 93.9 Å². The number of nitrogens with one attached hydrogen (secondary N) is 1. The first-order valence-electron chi connectivity index (χ1n) is 5.28. The van der Waals surface area contributed by atoms with Crippen LogP contribution in [-0.2, 0) is 4.74 Å². The van der Waals surface area contributed by atoms with Crippen molar-refractivity contribution >= 4 is 6.09 Å². The molecule has 0 aromatic heterocycles. The molecule has 0 atom stereocenters. The van der Waals surface area contributed by atoms with Gasteiger partial charge >= 0.3 is 6.09 Å². The molecule has 1 heterocycles.